The number of aliphatic carboxylic acids is 1. The maximum Gasteiger partial charge on any atom is 0.231 e. The molecular formula is C16H15ClNO6-. The third-order valence-corrected chi connectivity index (χ3v) is 4.50. The summed E-state index contributed by atoms with van der Waals surface area (Å²) in [5.74, 6) is -2.98. The van der Waals surface area contributed by atoms with E-state index in [1.54, 1.807) is 12.2 Å². The zero-order valence-corrected chi connectivity index (χ0v) is 13.7. The summed E-state index contributed by atoms with van der Waals surface area (Å²) in [7, 11) is 2.90. The normalized spacial score (nSPS) is 27.1. The highest BCUT2D eigenvalue weighted by molar-refractivity contribution is 6.32. The number of benzene rings is 1. The number of carboxylic acids is 1. The van der Waals surface area contributed by atoms with Gasteiger partial charge in [-0.15, -0.1) is 0 Å². The Morgan fingerprint density at radius 2 is 1.75 bits per heavy atom. The van der Waals surface area contributed by atoms with Crippen molar-refractivity contribution in [2.24, 2.45) is 11.8 Å². The molecule has 4 atom stereocenters. The lowest BCUT2D eigenvalue weighted by Gasteiger charge is -2.25. The zero-order valence-electron chi connectivity index (χ0n) is 12.9. The highest BCUT2D eigenvalue weighted by Gasteiger charge is 2.50. The van der Waals surface area contributed by atoms with Crippen LogP contribution < -0.4 is 19.9 Å². The number of fused-ring (bicyclic) bond motifs is 2. The van der Waals surface area contributed by atoms with Crippen LogP contribution in [0.3, 0.4) is 0 Å². The van der Waals surface area contributed by atoms with Gasteiger partial charge in [-0.1, -0.05) is 23.8 Å². The minimum Gasteiger partial charge on any atom is -0.550 e. The second-order valence-corrected chi connectivity index (χ2v) is 5.90. The quantitative estimate of drug-likeness (QED) is 0.780. The highest BCUT2D eigenvalue weighted by atomic mass is 35.5. The first-order valence-electron chi connectivity index (χ1n) is 7.23. The van der Waals surface area contributed by atoms with Crippen LogP contribution >= 0.6 is 11.6 Å². The summed E-state index contributed by atoms with van der Waals surface area (Å²) in [6.45, 7) is 0. The Morgan fingerprint density at radius 1 is 1.12 bits per heavy atom. The Hall–Kier alpha value is -2.25. The first-order valence-corrected chi connectivity index (χ1v) is 7.61. The van der Waals surface area contributed by atoms with Gasteiger partial charge in [0.25, 0.3) is 0 Å². The summed E-state index contributed by atoms with van der Waals surface area (Å²) in [4.78, 5) is 24.0. The molecule has 128 valence electrons. The summed E-state index contributed by atoms with van der Waals surface area (Å²) >= 11 is 6.07. The van der Waals surface area contributed by atoms with Crippen molar-refractivity contribution >= 4 is 29.2 Å². The number of carboxylic acid groups (broad SMARTS) is 1. The van der Waals surface area contributed by atoms with E-state index in [1.165, 1.54) is 26.4 Å². The molecule has 0 aromatic heterocycles. The van der Waals surface area contributed by atoms with E-state index in [2.05, 4.69) is 5.32 Å². The van der Waals surface area contributed by atoms with Gasteiger partial charge in [0.15, 0.2) is 0 Å². The van der Waals surface area contributed by atoms with Gasteiger partial charge >= 0.3 is 0 Å². The Bertz CT molecular complexity index is 719. The number of nitrogens with one attached hydrogen (secondary N) is 1. The van der Waals surface area contributed by atoms with Crippen molar-refractivity contribution in [2.75, 3.05) is 19.5 Å². The number of amides is 1. The Labute approximate surface area is 143 Å². The molecule has 1 fully saturated rings. The van der Waals surface area contributed by atoms with Gasteiger partial charge in [-0.05, 0) is 6.07 Å². The summed E-state index contributed by atoms with van der Waals surface area (Å²) in [6, 6.07) is 3.01. The Morgan fingerprint density at radius 3 is 2.33 bits per heavy atom. The van der Waals surface area contributed by atoms with Gasteiger partial charge in [0.2, 0.25) is 5.91 Å². The number of hydrogen-bond acceptors (Lipinski definition) is 6. The average Bonchev–Trinajstić information content (AvgIpc) is 3.16. The molecule has 0 unspecified atom stereocenters. The summed E-state index contributed by atoms with van der Waals surface area (Å²) in [5, 5.41) is 14.3. The van der Waals surface area contributed by atoms with E-state index in [0.717, 1.165) is 0 Å². The Balaban J connectivity index is 1.86. The lowest BCUT2D eigenvalue weighted by Crippen LogP contribution is -2.45. The molecule has 3 rings (SSSR count). The number of hydrogen-bond donors (Lipinski definition) is 1. The number of carbonyl (C=O) groups excluding carboxylic acids is 2. The third kappa shape index (κ3) is 2.70. The molecule has 0 radical (unpaired) electrons. The van der Waals surface area contributed by atoms with Gasteiger partial charge in [0.05, 0.1) is 43.1 Å². The first kappa shape index (κ1) is 16.6. The largest absolute Gasteiger partial charge is 0.550 e. The summed E-state index contributed by atoms with van der Waals surface area (Å²) < 4.78 is 15.8. The van der Waals surface area contributed by atoms with Crippen LogP contribution in [0.1, 0.15) is 0 Å². The lowest BCUT2D eigenvalue weighted by atomic mass is 9.82. The predicted octanol–water partition coefficient (Wildman–Crippen LogP) is 0.615. The monoisotopic (exact) mass is 352 g/mol. The van der Waals surface area contributed by atoms with E-state index in [1.807, 2.05) is 0 Å². The fourth-order valence-electron chi connectivity index (χ4n) is 3.08. The highest BCUT2D eigenvalue weighted by Crippen LogP contribution is 2.41. The van der Waals surface area contributed by atoms with E-state index in [4.69, 9.17) is 25.8 Å². The molecule has 1 amide bonds. The molecule has 2 heterocycles. The zero-order chi connectivity index (χ0) is 17.4. The third-order valence-electron chi connectivity index (χ3n) is 4.21. The fraction of sp³-hybridized carbons (Fsp3) is 0.375. The van der Waals surface area contributed by atoms with Crippen molar-refractivity contribution in [3.63, 3.8) is 0 Å². The standard InChI is InChI=1S/C16H16ClNO6/c1-22-11-6-12(23-2)8(5-7(11)17)18-15(19)13-9-3-4-10(24-9)14(13)16(20)21/h3-6,9-10,13-14H,1-2H3,(H,18,19)(H,20,21)/p-1/t9-,10+,13-,14+/m1/s1. The maximum absolute atomic E-state index is 12.6. The van der Waals surface area contributed by atoms with Gasteiger partial charge in [-0.3, -0.25) is 4.79 Å². The minimum atomic E-state index is -1.31. The summed E-state index contributed by atoms with van der Waals surface area (Å²) in [5.41, 5.74) is 0.317. The molecule has 0 saturated carbocycles. The molecule has 2 bridgehead atoms. The number of carbonyl (C=O) groups is 2. The van der Waals surface area contributed by atoms with Gasteiger partial charge in [-0.25, -0.2) is 0 Å². The second-order valence-electron chi connectivity index (χ2n) is 5.50. The topological polar surface area (TPSA) is 96.9 Å². The number of ether oxygens (including phenoxy) is 3. The number of rotatable bonds is 5. The molecule has 0 aliphatic carbocycles. The molecule has 1 aromatic carbocycles. The van der Waals surface area contributed by atoms with Gasteiger partial charge < -0.3 is 29.4 Å². The van der Waals surface area contributed by atoms with Crippen LogP contribution in [0.15, 0.2) is 24.3 Å². The van der Waals surface area contributed by atoms with Gasteiger partial charge in [0, 0.05) is 18.0 Å². The van der Waals surface area contributed by atoms with Crippen molar-refractivity contribution in [3.05, 3.63) is 29.3 Å². The number of methoxy groups -OCH3 is 2. The molecule has 2 aliphatic rings. The maximum atomic E-state index is 12.6. The Kier molecular flexibility index (Phi) is 4.38. The van der Waals surface area contributed by atoms with E-state index < -0.39 is 35.9 Å². The fourth-order valence-corrected chi connectivity index (χ4v) is 3.32. The number of anilines is 1. The summed E-state index contributed by atoms with van der Waals surface area (Å²) in [6.07, 6.45) is 2.10. The average molecular weight is 353 g/mol. The molecule has 1 aromatic rings. The molecule has 1 N–H and O–H groups in total. The second kappa shape index (κ2) is 6.33. The molecule has 2 aliphatic heterocycles. The SMILES string of the molecule is COc1cc(OC)c(NC(=O)[C@H]2[C@@H](C(=O)[O-])[C@@H]3C=C[C@H]2O3)cc1Cl. The van der Waals surface area contributed by atoms with E-state index in [-0.39, 0.29) is 5.02 Å². The van der Waals surface area contributed by atoms with Crippen molar-refractivity contribution in [1.29, 1.82) is 0 Å². The molecule has 0 spiro atoms. The van der Waals surface area contributed by atoms with Crippen LogP contribution in [-0.2, 0) is 14.3 Å². The van der Waals surface area contributed by atoms with Crippen LogP contribution in [0.5, 0.6) is 11.5 Å². The number of halogens is 1. The van der Waals surface area contributed by atoms with Crippen LogP contribution in [0.2, 0.25) is 5.02 Å². The van der Waals surface area contributed by atoms with Gasteiger partial charge in [0.1, 0.15) is 11.5 Å². The lowest BCUT2D eigenvalue weighted by molar-refractivity contribution is -0.313. The molecule has 24 heavy (non-hydrogen) atoms. The molecule has 8 heteroatoms. The van der Waals surface area contributed by atoms with Crippen LogP contribution in [0.4, 0.5) is 5.69 Å². The smallest absolute Gasteiger partial charge is 0.231 e. The minimum absolute atomic E-state index is 0.286. The van der Waals surface area contributed by atoms with Crippen LogP contribution in [0.25, 0.3) is 0 Å². The molecule has 1 saturated heterocycles. The van der Waals surface area contributed by atoms with Crippen molar-refractivity contribution in [2.45, 2.75) is 12.2 Å². The van der Waals surface area contributed by atoms with E-state index in [9.17, 15) is 14.7 Å². The predicted molar refractivity (Wildman–Crippen MR) is 83.0 cm³/mol. The molecule has 7 nitrogen and oxygen atoms in total. The van der Waals surface area contributed by atoms with Gasteiger partial charge in [-0.2, -0.15) is 0 Å². The van der Waals surface area contributed by atoms with Crippen molar-refractivity contribution in [1.82, 2.24) is 0 Å². The van der Waals surface area contributed by atoms with E-state index >= 15 is 0 Å². The first-order chi connectivity index (χ1) is 11.5. The van der Waals surface area contributed by atoms with Crippen LogP contribution in [-0.4, -0.2) is 38.3 Å². The van der Waals surface area contributed by atoms with E-state index in [0.29, 0.717) is 17.2 Å². The van der Waals surface area contributed by atoms with Crippen molar-refractivity contribution in [3.8, 4) is 11.5 Å². The van der Waals surface area contributed by atoms with Crippen LogP contribution in [0, 0.1) is 11.8 Å². The molecular weight excluding hydrogens is 338 g/mol. The van der Waals surface area contributed by atoms with Crippen molar-refractivity contribution < 1.29 is 28.9 Å².